The fourth-order valence-corrected chi connectivity index (χ4v) is 8.58. The van der Waals surface area contributed by atoms with E-state index in [1.54, 1.807) is 0 Å². The zero-order valence-electron chi connectivity index (χ0n) is 33.4. The number of hydrogen-bond acceptors (Lipinski definition) is 5. The third-order valence-corrected chi connectivity index (χ3v) is 11.3. The maximum atomic E-state index is 6.52. The van der Waals surface area contributed by atoms with E-state index in [0.29, 0.717) is 0 Å². The molecule has 0 N–H and O–H groups in total. The SMILES string of the molecule is Cc1cccc(C)c1-c1cc2c(-c3cccc(N(c4cccc(-c5nccc6oc(-c7c(C)cccc7C)cc56)c4)c4ccccc4-c4ccccc4)c3)nccc2o1. The van der Waals surface area contributed by atoms with E-state index in [9.17, 15) is 0 Å². The molecular weight excluding hydrogens is 723 g/mol. The Bertz CT molecular complexity index is 2960. The number of hydrogen-bond donors (Lipinski definition) is 0. The third-order valence-electron chi connectivity index (χ3n) is 11.3. The maximum absolute atomic E-state index is 6.52. The minimum Gasteiger partial charge on any atom is -0.456 e. The second kappa shape index (κ2) is 14.8. The number of aromatic nitrogens is 2. The van der Waals surface area contributed by atoms with Crippen LogP contribution in [0, 0.1) is 27.7 Å². The maximum Gasteiger partial charge on any atom is 0.138 e. The van der Waals surface area contributed by atoms with Gasteiger partial charge in [0.05, 0.1) is 17.1 Å². The molecule has 5 heteroatoms. The van der Waals surface area contributed by atoms with Crippen LogP contribution in [0.3, 0.4) is 0 Å². The van der Waals surface area contributed by atoms with Gasteiger partial charge in [0.1, 0.15) is 22.7 Å². The molecule has 0 spiro atoms. The number of pyridine rings is 2. The lowest BCUT2D eigenvalue weighted by atomic mass is 9.99. The summed E-state index contributed by atoms with van der Waals surface area (Å²) in [7, 11) is 0. The standard InChI is InChI=1S/C54H41N3O2/c1-34-14-10-15-35(2)51(34)49-32-44-47(58-49)26-28-55-53(44)39-20-12-22-41(30-39)57(46-25-9-8-24-43(46)38-18-6-5-7-19-38)42-23-13-21-40(31-42)54-45-33-50(59-48(45)27-29-56-54)52-36(3)16-11-17-37(52)4/h5-33H,1-4H3. The lowest BCUT2D eigenvalue weighted by molar-refractivity contribution is 0.630. The summed E-state index contributed by atoms with van der Waals surface area (Å²) < 4.78 is 13.0. The molecule has 10 rings (SSSR count). The van der Waals surface area contributed by atoms with Gasteiger partial charge in [-0.15, -0.1) is 0 Å². The highest BCUT2D eigenvalue weighted by molar-refractivity contribution is 5.98. The predicted molar refractivity (Wildman–Crippen MR) is 242 cm³/mol. The summed E-state index contributed by atoms with van der Waals surface area (Å²) in [6, 6.07) is 57.3. The van der Waals surface area contributed by atoms with Gasteiger partial charge in [0.2, 0.25) is 0 Å². The van der Waals surface area contributed by atoms with Gasteiger partial charge in [-0.05, 0) is 110 Å². The number of benzene rings is 6. The van der Waals surface area contributed by atoms with Crippen LogP contribution in [-0.4, -0.2) is 9.97 Å². The normalized spacial score (nSPS) is 11.4. The summed E-state index contributed by atoms with van der Waals surface area (Å²) in [4.78, 5) is 12.3. The Hall–Kier alpha value is -7.50. The zero-order chi connectivity index (χ0) is 40.0. The lowest BCUT2D eigenvalue weighted by Crippen LogP contribution is -2.11. The van der Waals surface area contributed by atoms with Crippen molar-refractivity contribution in [3.05, 3.63) is 198 Å². The molecule has 6 aromatic carbocycles. The summed E-state index contributed by atoms with van der Waals surface area (Å²) in [5.41, 5.74) is 17.6. The van der Waals surface area contributed by atoms with Crippen LogP contribution in [0.2, 0.25) is 0 Å². The fourth-order valence-electron chi connectivity index (χ4n) is 8.58. The molecule has 0 unspecified atom stereocenters. The van der Waals surface area contributed by atoms with E-state index in [2.05, 4.69) is 184 Å². The molecule has 0 aliphatic carbocycles. The van der Waals surface area contributed by atoms with Gasteiger partial charge in [-0.1, -0.05) is 109 Å². The largest absolute Gasteiger partial charge is 0.456 e. The number of fused-ring (bicyclic) bond motifs is 2. The van der Waals surface area contributed by atoms with Crippen molar-refractivity contribution in [3.8, 4) is 56.3 Å². The molecule has 4 aromatic heterocycles. The summed E-state index contributed by atoms with van der Waals surface area (Å²) in [5, 5.41) is 1.94. The first-order valence-corrected chi connectivity index (χ1v) is 20.0. The van der Waals surface area contributed by atoms with E-state index in [-0.39, 0.29) is 0 Å². The van der Waals surface area contributed by atoms with Crippen LogP contribution in [-0.2, 0) is 0 Å². The van der Waals surface area contributed by atoms with Crippen molar-refractivity contribution in [1.29, 1.82) is 0 Å². The number of furan rings is 2. The van der Waals surface area contributed by atoms with Crippen molar-refractivity contribution < 1.29 is 8.83 Å². The summed E-state index contributed by atoms with van der Waals surface area (Å²) in [6.45, 7) is 8.52. The quantitative estimate of drug-likeness (QED) is 0.154. The Balaban J connectivity index is 1.13. The highest BCUT2D eigenvalue weighted by atomic mass is 16.3. The van der Waals surface area contributed by atoms with Crippen molar-refractivity contribution >= 4 is 39.0 Å². The number of nitrogens with zero attached hydrogens (tertiary/aromatic N) is 3. The topological polar surface area (TPSA) is 55.3 Å². The second-order valence-electron chi connectivity index (χ2n) is 15.2. The van der Waals surface area contributed by atoms with Crippen molar-refractivity contribution in [1.82, 2.24) is 9.97 Å². The van der Waals surface area contributed by atoms with Gasteiger partial charge in [0.15, 0.2) is 0 Å². The molecule has 0 atom stereocenters. The van der Waals surface area contributed by atoms with Gasteiger partial charge in [0, 0.05) is 62.4 Å². The molecule has 0 fully saturated rings. The van der Waals surface area contributed by atoms with E-state index in [4.69, 9.17) is 18.8 Å². The fraction of sp³-hybridized carbons (Fsp3) is 0.0741. The second-order valence-corrected chi connectivity index (χ2v) is 15.2. The van der Waals surface area contributed by atoms with Gasteiger partial charge in [-0.3, -0.25) is 9.97 Å². The zero-order valence-corrected chi connectivity index (χ0v) is 33.4. The molecule has 0 radical (unpaired) electrons. The lowest BCUT2D eigenvalue weighted by Gasteiger charge is -2.28. The van der Waals surface area contributed by atoms with Gasteiger partial charge in [-0.2, -0.15) is 0 Å². The number of anilines is 3. The molecule has 0 amide bonds. The van der Waals surface area contributed by atoms with Gasteiger partial charge in [0.25, 0.3) is 0 Å². The van der Waals surface area contributed by atoms with Crippen LogP contribution < -0.4 is 4.90 Å². The van der Waals surface area contributed by atoms with Crippen LogP contribution in [0.1, 0.15) is 22.3 Å². The van der Waals surface area contributed by atoms with E-state index >= 15 is 0 Å². The molecule has 4 heterocycles. The van der Waals surface area contributed by atoms with Crippen LogP contribution in [0.5, 0.6) is 0 Å². The van der Waals surface area contributed by atoms with Gasteiger partial charge < -0.3 is 13.7 Å². The first-order valence-electron chi connectivity index (χ1n) is 20.0. The Kier molecular flexibility index (Phi) is 8.99. The van der Waals surface area contributed by atoms with Crippen LogP contribution in [0.4, 0.5) is 17.1 Å². The van der Waals surface area contributed by atoms with E-state index < -0.39 is 0 Å². The Morgan fingerprint density at radius 3 is 1.36 bits per heavy atom. The minimum absolute atomic E-state index is 0.804. The van der Waals surface area contributed by atoms with Crippen molar-refractivity contribution in [3.63, 3.8) is 0 Å². The molecule has 0 saturated heterocycles. The van der Waals surface area contributed by atoms with Gasteiger partial charge >= 0.3 is 0 Å². The highest BCUT2D eigenvalue weighted by Gasteiger charge is 2.22. The average Bonchev–Trinajstić information content (AvgIpc) is 3.89. The molecule has 0 aliphatic rings. The van der Waals surface area contributed by atoms with E-state index in [1.165, 1.54) is 22.3 Å². The molecule has 10 aromatic rings. The van der Waals surface area contributed by atoms with Crippen molar-refractivity contribution in [2.24, 2.45) is 0 Å². The highest BCUT2D eigenvalue weighted by Crippen LogP contribution is 2.44. The molecule has 0 saturated carbocycles. The Labute approximate surface area is 343 Å². The molecule has 0 bridgehead atoms. The van der Waals surface area contributed by atoms with E-state index in [0.717, 1.165) is 95.3 Å². The van der Waals surface area contributed by atoms with Crippen LogP contribution >= 0.6 is 0 Å². The van der Waals surface area contributed by atoms with Crippen LogP contribution in [0.15, 0.2) is 185 Å². The molecule has 5 nitrogen and oxygen atoms in total. The number of rotatable bonds is 8. The van der Waals surface area contributed by atoms with Crippen LogP contribution in [0.25, 0.3) is 78.2 Å². The van der Waals surface area contributed by atoms with Crippen molar-refractivity contribution in [2.45, 2.75) is 27.7 Å². The molecule has 59 heavy (non-hydrogen) atoms. The first kappa shape index (κ1) is 35.9. The predicted octanol–water partition coefficient (Wildman–Crippen LogP) is 15.0. The number of para-hydroxylation sites is 1. The summed E-state index contributed by atoms with van der Waals surface area (Å²) in [5.74, 6) is 1.69. The van der Waals surface area contributed by atoms with E-state index in [1.807, 2.05) is 24.5 Å². The van der Waals surface area contributed by atoms with Gasteiger partial charge in [-0.25, -0.2) is 0 Å². The molecular formula is C54H41N3O2. The monoisotopic (exact) mass is 763 g/mol. The third kappa shape index (κ3) is 6.47. The molecule has 0 aliphatic heterocycles. The average molecular weight is 764 g/mol. The smallest absolute Gasteiger partial charge is 0.138 e. The summed E-state index contributed by atoms with van der Waals surface area (Å²) >= 11 is 0. The number of aryl methyl sites for hydroxylation is 4. The van der Waals surface area contributed by atoms with Crippen molar-refractivity contribution in [2.75, 3.05) is 4.90 Å². The molecule has 284 valence electrons. The summed E-state index contributed by atoms with van der Waals surface area (Å²) in [6.07, 6.45) is 3.67. The Morgan fingerprint density at radius 1 is 0.407 bits per heavy atom. The minimum atomic E-state index is 0.804. The Morgan fingerprint density at radius 2 is 0.847 bits per heavy atom. The first-order chi connectivity index (χ1) is 28.9.